The van der Waals surface area contributed by atoms with Crippen LogP contribution < -0.4 is 15.2 Å². The number of aliphatic hydroxyl groups excluding tert-OH is 1. The molecule has 1 atom stereocenters. The van der Waals surface area contributed by atoms with Crippen molar-refractivity contribution in [3.63, 3.8) is 0 Å². The molecule has 1 fully saturated rings. The molecule has 2 N–H and O–H groups in total. The quantitative estimate of drug-likeness (QED) is 0.485. The number of hydrogen-bond acceptors (Lipinski definition) is 7. The summed E-state index contributed by atoms with van der Waals surface area (Å²) in [5, 5.41) is 9.80. The van der Waals surface area contributed by atoms with Gasteiger partial charge in [0, 0.05) is 38.2 Å². The molecular weight excluding hydrogens is 524 g/mol. The number of nitrogens with zero attached hydrogens (tertiary/aromatic N) is 4. The highest BCUT2D eigenvalue weighted by molar-refractivity contribution is 5.73. The number of nitrogens with one attached hydrogen (secondary N) is 1. The van der Waals surface area contributed by atoms with Crippen molar-refractivity contribution in [1.82, 2.24) is 19.9 Å². The van der Waals surface area contributed by atoms with Crippen molar-refractivity contribution in [2.24, 2.45) is 0 Å². The minimum Gasteiger partial charge on any atom is -0.410 e. The average molecular weight is 543 g/mol. The summed E-state index contributed by atoms with van der Waals surface area (Å²) in [6, 6.07) is 5.60. The van der Waals surface area contributed by atoms with E-state index >= 15 is 0 Å². The van der Waals surface area contributed by atoms with Crippen molar-refractivity contribution < 1.29 is 41.0 Å². The monoisotopic (exact) mass is 543 g/mol. The maximum atomic E-state index is 13.1. The van der Waals surface area contributed by atoms with Crippen LogP contribution in [0.2, 0.25) is 0 Å². The summed E-state index contributed by atoms with van der Waals surface area (Å²) in [5.41, 5.74) is -3.40. The number of anilines is 1. The number of halogens is 6. The fourth-order valence-electron chi connectivity index (χ4n) is 3.82. The van der Waals surface area contributed by atoms with E-state index in [1.165, 1.54) is 34.1 Å². The predicted molar refractivity (Wildman–Crippen MR) is 120 cm³/mol. The van der Waals surface area contributed by atoms with E-state index in [0.29, 0.717) is 18.5 Å². The molecule has 0 aliphatic carbocycles. The third kappa shape index (κ3) is 5.88. The zero-order chi connectivity index (χ0) is 27.7. The van der Waals surface area contributed by atoms with Crippen LogP contribution in [0.5, 0.6) is 5.75 Å². The van der Waals surface area contributed by atoms with Gasteiger partial charge in [0.25, 0.3) is 5.56 Å². The number of benzene rings is 1. The van der Waals surface area contributed by atoms with Crippen molar-refractivity contribution in [2.45, 2.75) is 18.4 Å². The lowest BCUT2D eigenvalue weighted by Crippen LogP contribution is -2.57. The molecular formula is C23H19F6N5O4. The molecule has 0 spiro atoms. The Morgan fingerprint density at radius 1 is 1.05 bits per heavy atom. The molecule has 0 unspecified atom stereocenters. The number of aliphatic hydroxyl groups is 1. The highest BCUT2D eigenvalue weighted by Gasteiger charge is 2.35. The molecule has 202 valence electrons. The van der Waals surface area contributed by atoms with E-state index in [1.54, 1.807) is 0 Å². The predicted octanol–water partition coefficient (Wildman–Crippen LogP) is 3.55. The maximum Gasteiger partial charge on any atom is 0.421 e. The summed E-state index contributed by atoms with van der Waals surface area (Å²) in [4.78, 5) is 36.5. The van der Waals surface area contributed by atoms with Crippen LogP contribution in [0.1, 0.15) is 11.1 Å². The van der Waals surface area contributed by atoms with Gasteiger partial charge in [-0.3, -0.25) is 4.79 Å². The first-order valence-electron chi connectivity index (χ1n) is 11.0. The SMILES string of the molecule is O=C(Oc1cccc(-c2c[nH]c(=O)c(C(F)(F)F)c2)c1)N1CCN(c2ncc(C(F)(F)F)cn2)[C@H](CO)C1. The number of aromatic nitrogens is 3. The largest absolute Gasteiger partial charge is 0.421 e. The van der Waals surface area contributed by atoms with Crippen molar-refractivity contribution in [3.05, 3.63) is 70.4 Å². The van der Waals surface area contributed by atoms with E-state index in [-0.39, 0.29) is 42.5 Å². The Labute approximate surface area is 210 Å². The standard InChI is InChI=1S/C23H19F6N5O4/c24-22(25,26)15-9-31-20(32-10-15)34-5-4-33(11-16(34)12-35)21(37)38-17-3-1-2-13(6-17)14-7-18(23(27,28)29)19(36)30-8-14/h1-3,6-10,16,35H,4-5,11-12H2,(H,30,36)/t16-/m0/s1. The number of piperazine rings is 1. The molecule has 0 radical (unpaired) electrons. The molecule has 1 saturated heterocycles. The van der Waals surface area contributed by atoms with Gasteiger partial charge in [-0.05, 0) is 29.3 Å². The third-order valence-electron chi connectivity index (χ3n) is 5.76. The number of carbonyl (C=O) groups excluding carboxylic acids is 1. The third-order valence-corrected chi connectivity index (χ3v) is 5.76. The topological polar surface area (TPSA) is 112 Å². The molecule has 3 heterocycles. The molecule has 2 aromatic heterocycles. The van der Waals surface area contributed by atoms with E-state index < -0.39 is 47.8 Å². The molecule has 0 saturated carbocycles. The molecule has 9 nitrogen and oxygen atoms in total. The van der Waals surface area contributed by atoms with Gasteiger partial charge in [-0.25, -0.2) is 14.8 Å². The van der Waals surface area contributed by atoms with Crippen LogP contribution >= 0.6 is 0 Å². The first kappa shape index (κ1) is 26.9. The van der Waals surface area contributed by atoms with Gasteiger partial charge in [0.1, 0.15) is 11.3 Å². The second-order valence-corrected chi connectivity index (χ2v) is 8.27. The van der Waals surface area contributed by atoms with Crippen LogP contribution in [0.3, 0.4) is 0 Å². The number of aromatic amines is 1. The maximum absolute atomic E-state index is 13.1. The highest BCUT2D eigenvalue weighted by atomic mass is 19.4. The van der Waals surface area contributed by atoms with Gasteiger partial charge in [-0.1, -0.05) is 12.1 Å². The van der Waals surface area contributed by atoms with Crippen LogP contribution in [0.25, 0.3) is 11.1 Å². The van der Waals surface area contributed by atoms with Crippen molar-refractivity contribution in [2.75, 3.05) is 31.1 Å². The molecule has 1 aliphatic heterocycles. The Bertz CT molecular complexity index is 1360. The number of alkyl halides is 6. The van der Waals surface area contributed by atoms with E-state index in [0.717, 1.165) is 6.20 Å². The van der Waals surface area contributed by atoms with Crippen LogP contribution in [-0.4, -0.2) is 63.3 Å². The Kier molecular flexibility index (Phi) is 7.31. The van der Waals surface area contributed by atoms with E-state index in [4.69, 9.17) is 4.74 Å². The lowest BCUT2D eigenvalue weighted by atomic mass is 10.1. The van der Waals surface area contributed by atoms with Gasteiger partial charge in [0.2, 0.25) is 5.95 Å². The molecule has 1 amide bonds. The van der Waals surface area contributed by atoms with E-state index in [1.807, 2.05) is 4.98 Å². The Morgan fingerprint density at radius 3 is 2.39 bits per heavy atom. The van der Waals surface area contributed by atoms with Gasteiger partial charge in [-0.2, -0.15) is 26.3 Å². The molecule has 4 rings (SSSR count). The summed E-state index contributed by atoms with van der Waals surface area (Å²) in [6.07, 6.45) is -7.91. The highest BCUT2D eigenvalue weighted by Crippen LogP contribution is 2.31. The van der Waals surface area contributed by atoms with Gasteiger partial charge in [0.15, 0.2) is 0 Å². The summed E-state index contributed by atoms with van der Waals surface area (Å²) in [5.74, 6) is -0.0294. The molecule has 1 aliphatic rings. The summed E-state index contributed by atoms with van der Waals surface area (Å²) in [7, 11) is 0. The van der Waals surface area contributed by atoms with Gasteiger partial charge < -0.3 is 24.6 Å². The Hall–Kier alpha value is -4.14. The van der Waals surface area contributed by atoms with Crippen LogP contribution in [0.4, 0.5) is 37.1 Å². The molecule has 1 aromatic carbocycles. The number of ether oxygens (including phenoxy) is 1. The fourth-order valence-corrected chi connectivity index (χ4v) is 3.82. The van der Waals surface area contributed by atoms with E-state index in [2.05, 4.69) is 9.97 Å². The molecule has 0 bridgehead atoms. The van der Waals surface area contributed by atoms with Gasteiger partial charge in [0.05, 0.1) is 18.2 Å². The number of amides is 1. The van der Waals surface area contributed by atoms with Crippen molar-refractivity contribution >= 4 is 12.0 Å². The smallest absolute Gasteiger partial charge is 0.410 e. The second kappa shape index (κ2) is 10.3. The minimum absolute atomic E-state index is 0.0151. The zero-order valence-electron chi connectivity index (χ0n) is 19.3. The molecule has 3 aromatic rings. The van der Waals surface area contributed by atoms with Crippen molar-refractivity contribution in [3.8, 4) is 16.9 Å². The van der Waals surface area contributed by atoms with Crippen LogP contribution in [0, 0.1) is 0 Å². The number of carbonyl (C=O) groups is 1. The Balaban J connectivity index is 1.45. The molecule has 38 heavy (non-hydrogen) atoms. The van der Waals surface area contributed by atoms with Gasteiger partial charge in [-0.15, -0.1) is 0 Å². The number of rotatable bonds is 4. The summed E-state index contributed by atoms with van der Waals surface area (Å²) < 4.78 is 83.0. The van der Waals surface area contributed by atoms with Crippen LogP contribution in [-0.2, 0) is 12.4 Å². The van der Waals surface area contributed by atoms with Gasteiger partial charge >= 0.3 is 18.4 Å². The Morgan fingerprint density at radius 2 is 1.76 bits per heavy atom. The summed E-state index contributed by atoms with van der Waals surface area (Å²) >= 11 is 0. The first-order chi connectivity index (χ1) is 17.9. The fraction of sp³-hybridized carbons (Fsp3) is 0.304. The second-order valence-electron chi connectivity index (χ2n) is 8.27. The van der Waals surface area contributed by atoms with E-state index in [9.17, 15) is 41.0 Å². The normalized spacial score (nSPS) is 16.4. The zero-order valence-corrected chi connectivity index (χ0v) is 19.3. The van der Waals surface area contributed by atoms with Crippen LogP contribution in [0.15, 0.2) is 53.7 Å². The molecule has 15 heteroatoms. The lowest BCUT2D eigenvalue weighted by Gasteiger charge is -2.40. The minimum atomic E-state index is -4.86. The lowest BCUT2D eigenvalue weighted by molar-refractivity contribution is -0.139. The average Bonchev–Trinajstić information content (AvgIpc) is 2.87. The number of hydrogen-bond donors (Lipinski definition) is 2. The summed E-state index contributed by atoms with van der Waals surface area (Å²) in [6.45, 7) is -0.372. The number of pyridine rings is 1. The van der Waals surface area contributed by atoms with Crippen molar-refractivity contribution in [1.29, 1.82) is 0 Å². The first-order valence-corrected chi connectivity index (χ1v) is 11.0. The number of H-pyrrole nitrogens is 1.